The van der Waals surface area contributed by atoms with Crippen molar-refractivity contribution in [3.05, 3.63) is 94.1 Å². The highest BCUT2D eigenvalue weighted by molar-refractivity contribution is 6.42. The standard InChI is InChI=1S/C19H17Cl2N/c1-3-13(2)22-11-15-9-10-17(20)19(21)18(15)16(12-22)14-7-5-4-6-8-14/h3-10,16H,1-2,11-12H2. The predicted octanol–water partition coefficient (Wildman–Crippen LogP) is 5.64. The molecule has 0 bridgehead atoms. The predicted molar refractivity (Wildman–Crippen MR) is 94.5 cm³/mol. The van der Waals surface area contributed by atoms with Crippen molar-refractivity contribution in [2.75, 3.05) is 6.54 Å². The van der Waals surface area contributed by atoms with Gasteiger partial charge in [0.05, 0.1) is 10.0 Å². The Hall–Kier alpha value is -1.70. The summed E-state index contributed by atoms with van der Waals surface area (Å²) in [6.07, 6.45) is 1.80. The van der Waals surface area contributed by atoms with E-state index in [1.54, 1.807) is 6.08 Å². The number of rotatable bonds is 3. The first-order chi connectivity index (χ1) is 10.6. The Labute approximate surface area is 141 Å². The van der Waals surface area contributed by atoms with Crippen LogP contribution in [0, 0.1) is 0 Å². The second-order valence-electron chi connectivity index (χ2n) is 5.47. The molecule has 2 aromatic carbocycles. The van der Waals surface area contributed by atoms with Gasteiger partial charge >= 0.3 is 0 Å². The number of hydrogen-bond acceptors (Lipinski definition) is 1. The number of fused-ring (bicyclic) bond motifs is 1. The molecule has 0 aromatic heterocycles. The second kappa shape index (κ2) is 6.20. The molecule has 0 aliphatic carbocycles. The molecular formula is C19H17Cl2N. The molecule has 0 saturated heterocycles. The van der Waals surface area contributed by atoms with Gasteiger partial charge < -0.3 is 4.90 Å². The van der Waals surface area contributed by atoms with Crippen molar-refractivity contribution >= 4 is 23.2 Å². The van der Waals surface area contributed by atoms with Gasteiger partial charge in [-0.2, -0.15) is 0 Å². The number of nitrogens with zero attached hydrogens (tertiary/aromatic N) is 1. The Balaban J connectivity index is 2.14. The highest BCUT2D eigenvalue weighted by atomic mass is 35.5. The van der Waals surface area contributed by atoms with Gasteiger partial charge in [-0.25, -0.2) is 0 Å². The molecule has 1 atom stereocenters. The molecular weight excluding hydrogens is 313 g/mol. The molecule has 1 unspecified atom stereocenters. The van der Waals surface area contributed by atoms with E-state index in [9.17, 15) is 0 Å². The lowest BCUT2D eigenvalue weighted by atomic mass is 9.84. The van der Waals surface area contributed by atoms with E-state index in [0.717, 1.165) is 24.4 Å². The fourth-order valence-corrected chi connectivity index (χ4v) is 3.49. The summed E-state index contributed by atoms with van der Waals surface area (Å²) in [6, 6.07) is 14.3. The quantitative estimate of drug-likeness (QED) is 0.658. The largest absolute Gasteiger partial charge is 0.367 e. The molecule has 1 aliphatic heterocycles. The van der Waals surface area contributed by atoms with Crippen LogP contribution < -0.4 is 0 Å². The minimum absolute atomic E-state index is 0.174. The van der Waals surface area contributed by atoms with Crippen molar-refractivity contribution in [2.24, 2.45) is 0 Å². The van der Waals surface area contributed by atoms with E-state index in [0.29, 0.717) is 10.0 Å². The zero-order valence-corrected chi connectivity index (χ0v) is 13.7. The van der Waals surface area contributed by atoms with Crippen LogP contribution in [0.25, 0.3) is 0 Å². The summed E-state index contributed by atoms with van der Waals surface area (Å²) in [5.41, 5.74) is 4.48. The molecule has 1 nitrogen and oxygen atoms in total. The molecule has 0 saturated carbocycles. The summed E-state index contributed by atoms with van der Waals surface area (Å²) in [7, 11) is 0. The number of halogens is 2. The summed E-state index contributed by atoms with van der Waals surface area (Å²) in [4.78, 5) is 2.23. The van der Waals surface area contributed by atoms with Crippen molar-refractivity contribution < 1.29 is 0 Å². The third-order valence-corrected chi connectivity index (χ3v) is 5.00. The van der Waals surface area contributed by atoms with Gasteiger partial charge in [0.2, 0.25) is 0 Å². The van der Waals surface area contributed by atoms with E-state index in [1.165, 1.54) is 11.1 Å². The Morgan fingerprint density at radius 2 is 1.86 bits per heavy atom. The minimum atomic E-state index is 0.174. The maximum absolute atomic E-state index is 6.52. The van der Waals surface area contributed by atoms with Crippen molar-refractivity contribution in [1.29, 1.82) is 0 Å². The van der Waals surface area contributed by atoms with Crippen molar-refractivity contribution in [3.63, 3.8) is 0 Å². The molecule has 0 amide bonds. The lowest BCUT2D eigenvalue weighted by Crippen LogP contribution is -2.33. The molecule has 22 heavy (non-hydrogen) atoms. The SMILES string of the molecule is C=CC(=C)N1Cc2ccc(Cl)c(Cl)c2C(c2ccccc2)C1. The highest BCUT2D eigenvalue weighted by Crippen LogP contribution is 2.41. The van der Waals surface area contributed by atoms with Crippen LogP contribution in [-0.4, -0.2) is 11.4 Å². The van der Waals surface area contributed by atoms with E-state index >= 15 is 0 Å². The summed E-state index contributed by atoms with van der Waals surface area (Å²) >= 11 is 12.8. The number of allylic oxidation sites excluding steroid dienone is 1. The fourth-order valence-electron chi connectivity index (χ4n) is 3.01. The van der Waals surface area contributed by atoms with Gasteiger partial charge in [0, 0.05) is 24.7 Å². The first-order valence-electron chi connectivity index (χ1n) is 7.20. The minimum Gasteiger partial charge on any atom is -0.367 e. The first kappa shape index (κ1) is 15.2. The third-order valence-electron chi connectivity index (χ3n) is 4.18. The van der Waals surface area contributed by atoms with Crippen LogP contribution in [0.4, 0.5) is 0 Å². The smallest absolute Gasteiger partial charge is 0.0634 e. The van der Waals surface area contributed by atoms with Gasteiger partial charge in [0.15, 0.2) is 0 Å². The van der Waals surface area contributed by atoms with E-state index < -0.39 is 0 Å². The summed E-state index contributed by atoms with van der Waals surface area (Å²) < 4.78 is 0. The van der Waals surface area contributed by atoms with Crippen molar-refractivity contribution in [1.82, 2.24) is 4.90 Å². The molecule has 0 N–H and O–H groups in total. The Kier molecular flexibility index (Phi) is 4.28. The van der Waals surface area contributed by atoms with Crippen LogP contribution >= 0.6 is 23.2 Å². The molecule has 1 heterocycles. The van der Waals surface area contributed by atoms with Crippen LogP contribution in [0.1, 0.15) is 22.6 Å². The lowest BCUT2D eigenvalue weighted by Gasteiger charge is -2.37. The topological polar surface area (TPSA) is 3.24 Å². The van der Waals surface area contributed by atoms with Crippen LogP contribution in [0.3, 0.4) is 0 Å². The van der Waals surface area contributed by atoms with Gasteiger partial charge in [0.1, 0.15) is 0 Å². The average molecular weight is 330 g/mol. The lowest BCUT2D eigenvalue weighted by molar-refractivity contribution is 0.315. The summed E-state index contributed by atoms with van der Waals surface area (Å²) in [5.74, 6) is 0.174. The van der Waals surface area contributed by atoms with Gasteiger partial charge in [-0.05, 0) is 28.8 Å². The van der Waals surface area contributed by atoms with Crippen LogP contribution in [0.2, 0.25) is 10.0 Å². The van der Waals surface area contributed by atoms with Crippen LogP contribution in [-0.2, 0) is 6.54 Å². The van der Waals surface area contributed by atoms with Gasteiger partial charge in [-0.15, -0.1) is 0 Å². The molecule has 0 radical (unpaired) electrons. The normalized spacial score (nSPS) is 17.0. The number of hydrogen-bond donors (Lipinski definition) is 0. The third kappa shape index (κ3) is 2.67. The molecule has 3 heteroatoms. The summed E-state index contributed by atoms with van der Waals surface area (Å²) in [6.45, 7) is 9.52. The number of benzene rings is 2. The van der Waals surface area contributed by atoms with E-state index in [4.69, 9.17) is 23.2 Å². The van der Waals surface area contributed by atoms with Crippen LogP contribution in [0.5, 0.6) is 0 Å². The molecule has 0 spiro atoms. The first-order valence-corrected chi connectivity index (χ1v) is 7.95. The summed E-state index contributed by atoms with van der Waals surface area (Å²) in [5, 5.41) is 1.27. The van der Waals surface area contributed by atoms with Crippen molar-refractivity contribution in [3.8, 4) is 0 Å². The van der Waals surface area contributed by atoms with Gasteiger partial charge in [-0.3, -0.25) is 0 Å². The Morgan fingerprint density at radius 3 is 2.55 bits per heavy atom. The molecule has 0 fully saturated rings. The Morgan fingerprint density at radius 1 is 1.14 bits per heavy atom. The van der Waals surface area contributed by atoms with E-state index in [-0.39, 0.29) is 5.92 Å². The average Bonchev–Trinajstić information content (AvgIpc) is 2.57. The molecule has 2 aromatic rings. The Bertz CT molecular complexity index is 722. The van der Waals surface area contributed by atoms with E-state index in [2.05, 4.69) is 48.4 Å². The highest BCUT2D eigenvalue weighted by Gasteiger charge is 2.29. The molecule has 3 rings (SSSR count). The second-order valence-corrected chi connectivity index (χ2v) is 6.26. The zero-order valence-electron chi connectivity index (χ0n) is 12.2. The molecule has 1 aliphatic rings. The van der Waals surface area contributed by atoms with Gasteiger partial charge in [-0.1, -0.05) is 72.8 Å². The molecule has 112 valence electrons. The van der Waals surface area contributed by atoms with Gasteiger partial charge in [0.25, 0.3) is 0 Å². The zero-order chi connectivity index (χ0) is 15.7. The maximum atomic E-state index is 6.52. The van der Waals surface area contributed by atoms with Crippen LogP contribution in [0.15, 0.2) is 67.4 Å². The van der Waals surface area contributed by atoms with E-state index in [1.807, 2.05) is 12.1 Å². The van der Waals surface area contributed by atoms with Crippen molar-refractivity contribution in [2.45, 2.75) is 12.5 Å². The monoisotopic (exact) mass is 329 g/mol. The maximum Gasteiger partial charge on any atom is 0.0634 e. The fraction of sp³-hybridized carbons (Fsp3) is 0.158.